The highest BCUT2D eigenvalue weighted by Gasteiger charge is 2.30. The van der Waals surface area contributed by atoms with Gasteiger partial charge in [-0.1, -0.05) is 65.3 Å². The molecule has 0 amide bonds. The standard InChI is InChI=1S/C27H35N3O3/c1-20-8-10-21(11-9-20)16-28-17-27-26(31)13-12-24(32-27)14-23-15-25(33-29-23)19-30(2)18-22-6-4-3-5-7-22/h3-11,15,24,26-28,31H,12-14,16-19H2,1-2H3/t24-,26-,27+/m0/s1. The normalized spacial score (nSPS) is 20.9. The summed E-state index contributed by atoms with van der Waals surface area (Å²) in [6, 6.07) is 20.9. The Bertz CT molecular complexity index is 974. The Balaban J connectivity index is 1.23. The number of hydrogen-bond acceptors (Lipinski definition) is 6. The van der Waals surface area contributed by atoms with E-state index in [2.05, 4.69) is 77.9 Å². The predicted octanol–water partition coefficient (Wildman–Crippen LogP) is 3.86. The summed E-state index contributed by atoms with van der Waals surface area (Å²) in [5.41, 5.74) is 4.67. The van der Waals surface area contributed by atoms with Crippen LogP contribution in [0.3, 0.4) is 0 Å². The zero-order valence-electron chi connectivity index (χ0n) is 19.6. The van der Waals surface area contributed by atoms with Gasteiger partial charge >= 0.3 is 0 Å². The zero-order chi connectivity index (χ0) is 23.0. The Morgan fingerprint density at radius 1 is 1.03 bits per heavy atom. The van der Waals surface area contributed by atoms with E-state index in [1.807, 2.05) is 12.1 Å². The summed E-state index contributed by atoms with van der Waals surface area (Å²) in [5, 5.41) is 18.1. The van der Waals surface area contributed by atoms with Gasteiger partial charge < -0.3 is 19.7 Å². The van der Waals surface area contributed by atoms with Crippen molar-refractivity contribution in [3.05, 3.63) is 88.8 Å². The highest BCUT2D eigenvalue weighted by atomic mass is 16.5. The molecule has 3 aromatic rings. The van der Waals surface area contributed by atoms with Gasteiger partial charge in [-0.2, -0.15) is 0 Å². The summed E-state index contributed by atoms with van der Waals surface area (Å²) in [6.45, 7) is 5.04. The summed E-state index contributed by atoms with van der Waals surface area (Å²) in [5.74, 6) is 0.857. The van der Waals surface area contributed by atoms with E-state index >= 15 is 0 Å². The van der Waals surface area contributed by atoms with Gasteiger partial charge in [0.1, 0.15) is 0 Å². The minimum absolute atomic E-state index is 0.0413. The number of rotatable bonds is 10. The first-order valence-corrected chi connectivity index (χ1v) is 11.8. The Morgan fingerprint density at radius 2 is 1.82 bits per heavy atom. The fourth-order valence-corrected chi connectivity index (χ4v) is 4.32. The van der Waals surface area contributed by atoms with Crippen molar-refractivity contribution >= 4 is 0 Å². The lowest BCUT2D eigenvalue weighted by Crippen LogP contribution is -2.45. The van der Waals surface area contributed by atoms with Crippen LogP contribution in [0.4, 0.5) is 0 Å². The molecule has 2 N–H and O–H groups in total. The van der Waals surface area contributed by atoms with Gasteiger partial charge in [0.25, 0.3) is 0 Å². The molecular weight excluding hydrogens is 414 g/mol. The first kappa shape index (κ1) is 23.6. The third kappa shape index (κ3) is 7.24. The van der Waals surface area contributed by atoms with Crippen LogP contribution < -0.4 is 5.32 Å². The lowest BCUT2D eigenvalue weighted by atomic mass is 9.98. The highest BCUT2D eigenvalue weighted by molar-refractivity contribution is 5.21. The molecule has 0 unspecified atom stereocenters. The molecule has 6 heteroatoms. The summed E-state index contributed by atoms with van der Waals surface area (Å²) < 4.78 is 11.8. The topological polar surface area (TPSA) is 70.8 Å². The molecule has 176 valence electrons. The third-order valence-electron chi connectivity index (χ3n) is 6.14. The maximum absolute atomic E-state index is 10.4. The van der Waals surface area contributed by atoms with Gasteiger partial charge in [0.15, 0.2) is 5.76 Å². The second kappa shape index (κ2) is 11.6. The van der Waals surface area contributed by atoms with Crippen LogP contribution in [0.25, 0.3) is 0 Å². The molecule has 1 aromatic heterocycles. The molecular formula is C27H35N3O3. The molecule has 33 heavy (non-hydrogen) atoms. The fourth-order valence-electron chi connectivity index (χ4n) is 4.32. The molecule has 1 aliphatic rings. The van der Waals surface area contributed by atoms with Gasteiger partial charge in [-0.25, -0.2) is 0 Å². The van der Waals surface area contributed by atoms with Crippen molar-refractivity contribution < 1.29 is 14.4 Å². The van der Waals surface area contributed by atoms with Gasteiger partial charge in [-0.3, -0.25) is 4.90 Å². The van der Waals surface area contributed by atoms with E-state index in [0.717, 1.165) is 37.4 Å². The van der Waals surface area contributed by atoms with Crippen molar-refractivity contribution in [1.29, 1.82) is 0 Å². The molecule has 0 aliphatic carbocycles. The molecule has 2 aromatic carbocycles. The number of aryl methyl sites for hydroxylation is 1. The summed E-state index contributed by atoms with van der Waals surface area (Å²) in [4.78, 5) is 2.21. The van der Waals surface area contributed by atoms with Gasteiger partial charge in [-0.05, 0) is 37.9 Å². The van der Waals surface area contributed by atoms with Crippen molar-refractivity contribution in [2.75, 3.05) is 13.6 Å². The molecule has 4 rings (SSSR count). The molecule has 1 fully saturated rings. The van der Waals surface area contributed by atoms with E-state index in [1.165, 1.54) is 16.7 Å². The fraction of sp³-hybridized carbons (Fsp3) is 0.444. The van der Waals surface area contributed by atoms with Crippen molar-refractivity contribution in [2.24, 2.45) is 0 Å². The number of nitrogens with zero attached hydrogens (tertiary/aromatic N) is 2. The average Bonchev–Trinajstić information content (AvgIpc) is 3.24. The largest absolute Gasteiger partial charge is 0.390 e. The van der Waals surface area contributed by atoms with Crippen molar-refractivity contribution in [1.82, 2.24) is 15.4 Å². The van der Waals surface area contributed by atoms with Crippen LogP contribution in [0.1, 0.15) is 41.0 Å². The highest BCUT2D eigenvalue weighted by Crippen LogP contribution is 2.23. The second-order valence-corrected chi connectivity index (χ2v) is 9.20. The van der Waals surface area contributed by atoms with Crippen molar-refractivity contribution in [2.45, 2.75) is 64.1 Å². The maximum atomic E-state index is 10.4. The van der Waals surface area contributed by atoms with Crippen LogP contribution in [0.15, 0.2) is 65.2 Å². The summed E-state index contributed by atoms with van der Waals surface area (Å²) >= 11 is 0. The predicted molar refractivity (Wildman–Crippen MR) is 129 cm³/mol. The van der Waals surface area contributed by atoms with Crippen molar-refractivity contribution in [3.8, 4) is 0 Å². The third-order valence-corrected chi connectivity index (χ3v) is 6.14. The Hall–Kier alpha value is -2.51. The second-order valence-electron chi connectivity index (χ2n) is 9.20. The molecule has 1 saturated heterocycles. The lowest BCUT2D eigenvalue weighted by Gasteiger charge is -2.34. The van der Waals surface area contributed by atoms with Crippen LogP contribution in [0.5, 0.6) is 0 Å². The maximum Gasteiger partial charge on any atom is 0.150 e. The van der Waals surface area contributed by atoms with E-state index in [4.69, 9.17) is 9.26 Å². The number of hydrogen-bond donors (Lipinski definition) is 2. The molecule has 0 saturated carbocycles. The summed E-state index contributed by atoms with van der Waals surface area (Å²) in [6.07, 6.45) is 1.66. The van der Waals surface area contributed by atoms with Crippen LogP contribution in [-0.2, 0) is 30.8 Å². The molecule has 1 aliphatic heterocycles. The van der Waals surface area contributed by atoms with Gasteiger partial charge in [0, 0.05) is 32.1 Å². The van der Waals surface area contributed by atoms with Gasteiger partial charge in [0.05, 0.1) is 30.6 Å². The smallest absolute Gasteiger partial charge is 0.150 e. The lowest BCUT2D eigenvalue weighted by molar-refractivity contribution is -0.115. The number of aromatic nitrogens is 1. The number of aliphatic hydroxyl groups is 1. The van der Waals surface area contributed by atoms with E-state index in [0.29, 0.717) is 19.5 Å². The van der Waals surface area contributed by atoms with Crippen LogP contribution in [0.2, 0.25) is 0 Å². The first-order chi connectivity index (χ1) is 16.0. The number of nitrogens with one attached hydrogen (secondary N) is 1. The molecule has 0 bridgehead atoms. The first-order valence-electron chi connectivity index (χ1n) is 11.8. The van der Waals surface area contributed by atoms with Crippen LogP contribution >= 0.6 is 0 Å². The van der Waals surface area contributed by atoms with Crippen LogP contribution in [0, 0.1) is 6.92 Å². The zero-order valence-corrected chi connectivity index (χ0v) is 19.6. The van der Waals surface area contributed by atoms with Gasteiger partial charge in [-0.15, -0.1) is 0 Å². The molecule has 0 spiro atoms. The van der Waals surface area contributed by atoms with Gasteiger partial charge in [0.2, 0.25) is 0 Å². The summed E-state index contributed by atoms with van der Waals surface area (Å²) in [7, 11) is 2.08. The minimum atomic E-state index is -0.439. The van der Waals surface area contributed by atoms with Crippen LogP contribution in [-0.4, -0.2) is 47.1 Å². The molecule has 0 radical (unpaired) electrons. The molecule has 3 atom stereocenters. The SMILES string of the molecule is Cc1ccc(CNC[C@H]2O[C@H](Cc3cc(CN(C)Cc4ccccc4)on3)CC[C@@H]2O)cc1. The minimum Gasteiger partial charge on any atom is -0.390 e. The Labute approximate surface area is 196 Å². The van der Waals surface area contributed by atoms with E-state index in [1.54, 1.807) is 0 Å². The quantitative estimate of drug-likeness (QED) is 0.490. The Morgan fingerprint density at radius 3 is 2.61 bits per heavy atom. The number of ether oxygens (including phenoxy) is 1. The number of benzene rings is 2. The Kier molecular flexibility index (Phi) is 8.29. The van der Waals surface area contributed by atoms with E-state index < -0.39 is 6.10 Å². The monoisotopic (exact) mass is 449 g/mol. The van der Waals surface area contributed by atoms with Crippen molar-refractivity contribution in [3.63, 3.8) is 0 Å². The molecule has 2 heterocycles. The van der Waals surface area contributed by atoms with E-state index in [-0.39, 0.29) is 12.2 Å². The molecule has 6 nitrogen and oxygen atoms in total. The van der Waals surface area contributed by atoms with E-state index in [9.17, 15) is 5.11 Å². The number of aliphatic hydroxyl groups excluding tert-OH is 1. The average molecular weight is 450 g/mol.